The van der Waals surface area contributed by atoms with Crippen molar-refractivity contribution in [2.24, 2.45) is 0 Å². The van der Waals surface area contributed by atoms with Gasteiger partial charge in [0.15, 0.2) is 18.5 Å². The largest absolute Gasteiger partial charge is 0.453 e. The Bertz CT molecular complexity index is 533. The number of alkyl halides is 3. The second-order valence-electron chi connectivity index (χ2n) is 5.40. The number of hydrogen-bond acceptors (Lipinski definition) is 8. The molecule has 0 aromatic heterocycles. The molecule has 0 saturated carbocycles. The highest BCUT2D eigenvalue weighted by Gasteiger charge is 2.66. The lowest BCUT2D eigenvalue weighted by Gasteiger charge is -2.36. The van der Waals surface area contributed by atoms with Gasteiger partial charge in [-0.25, -0.2) is 0 Å². The Balaban J connectivity index is 1.86. The van der Waals surface area contributed by atoms with E-state index >= 15 is 0 Å². The third kappa shape index (κ3) is 3.33. The molecule has 23 heavy (non-hydrogen) atoms. The van der Waals surface area contributed by atoms with Gasteiger partial charge < -0.3 is 24.1 Å². The number of esters is 1. The molecule has 0 bridgehead atoms. The first-order chi connectivity index (χ1) is 10.5. The molecule has 2 saturated heterocycles. The molecular weight excluding hydrogens is 378 g/mol. The standard InChI is InChI=1S/C12H13Cl3O8/c1-5(16)18-7-6-8(20-9(19-6)12(13,14)15)21-11(7)4-3-10(2,17)22-23-11/h3-4,6-9,17H,1-2H3/t6-,7-,8+,9-,10?,11-/m1/s1. The molecule has 6 atom stereocenters. The first-order valence-electron chi connectivity index (χ1n) is 6.55. The summed E-state index contributed by atoms with van der Waals surface area (Å²) in [5.41, 5.74) is 0. The SMILES string of the molecule is CC(=O)O[C@@H]1[C@H]2O[C@@H](C(Cl)(Cl)Cl)O[C@H]2O[C@@]12C=CC(C)(O)OO2. The van der Waals surface area contributed by atoms with E-state index in [1.54, 1.807) is 0 Å². The normalized spacial score (nSPS) is 46.2. The molecular formula is C12H13Cl3O8. The summed E-state index contributed by atoms with van der Waals surface area (Å²) in [5.74, 6) is -3.93. The minimum Gasteiger partial charge on any atom is -0.453 e. The fraction of sp³-hybridized carbons (Fsp3) is 0.750. The van der Waals surface area contributed by atoms with E-state index in [2.05, 4.69) is 0 Å². The molecule has 130 valence electrons. The second kappa shape index (κ2) is 5.69. The van der Waals surface area contributed by atoms with Crippen LogP contribution in [0, 0.1) is 0 Å². The molecule has 11 heteroatoms. The topological polar surface area (TPSA) is 92.7 Å². The van der Waals surface area contributed by atoms with Crippen LogP contribution in [0.25, 0.3) is 0 Å². The number of rotatable bonds is 1. The molecule has 0 aliphatic carbocycles. The van der Waals surface area contributed by atoms with E-state index < -0.39 is 46.1 Å². The Hall–Kier alpha value is -0.160. The Morgan fingerprint density at radius 1 is 1.26 bits per heavy atom. The molecule has 0 aromatic carbocycles. The monoisotopic (exact) mass is 390 g/mol. The lowest BCUT2D eigenvalue weighted by molar-refractivity contribution is -0.493. The van der Waals surface area contributed by atoms with Crippen molar-refractivity contribution in [2.75, 3.05) is 0 Å². The van der Waals surface area contributed by atoms with Crippen molar-refractivity contribution in [3.63, 3.8) is 0 Å². The summed E-state index contributed by atoms with van der Waals surface area (Å²) < 4.78 is 19.8. The minimum atomic E-state index is -1.86. The summed E-state index contributed by atoms with van der Waals surface area (Å²) >= 11 is 17.2. The van der Waals surface area contributed by atoms with Gasteiger partial charge in [0, 0.05) is 6.92 Å². The van der Waals surface area contributed by atoms with Gasteiger partial charge in [0.2, 0.25) is 15.9 Å². The van der Waals surface area contributed by atoms with Crippen LogP contribution in [0.15, 0.2) is 12.2 Å². The summed E-state index contributed by atoms with van der Waals surface area (Å²) in [7, 11) is 0. The molecule has 3 heterocycles. The molecule has 0 aromatic rings. The molecule has 2 fully saturated rings. The predicted molar refractivity (Wildman–Crippen MR) is 75.1 cm³/mol. The maximum absolute atomic E-state index is 11.4. The number of carbonyl (C=O) groups excluding carboxylic acids is 1. The van der Waals surface area contributed by atoms with Crippen molar-refractivity contribution in [1.82, 2.24) is 0 Å². The summed E-state index contributed by atoms with van der Waals surface area (Å²) in [5, 5.41) is 9.73. The molecule has 3 rings (SSSR count). The summed E-state index contributed by atoms with van der Waals surface area (Å²) in [4.78, 5) is 21.4. The maximum Gasteiger partial charge on any atom is 0.303 e. The van der Waals surface area contributed by atoms with Gasteiger partial charge in [0.05, 0.1) is 0 Å². The highest BCUT2D eigenvalue weighted by Crippen LogP contribution is 2.48. The van der Waals surface area contributed by atoms with Crippen molar-refractivity contribution in [3.8, 4) is 0 Å². The molecule has 8 nitrogen and oxygen atoms in total. The summed E-state index contributed by atoms with van der Waals surface area (Å²) in [6.07, 6.45) is -1.64. The van der Waals surface area contributed by atoms with Gasteiger partial charge in [0.25, 0.3) is 5.79 Å². The van der Waals surface area contributed by atoms with Crippen molar-refractivity contribution in [2.45, 2.75) is 54.0 Å². The van der Waals surface area contributed by atoms with Crippen LogP contribution in [0.2, 0.25) is 0 Å². The van der Waals surface area contributed by atoms with Gasteiger partial charge in [0.1, 0.15) is 0 Å². The fourth-order valence-corrected chi connectivity index (χ4v) is 2.69. The van der Waals surface area contributed by atoms with E-state index in [0.29, 0.717) is 0 Å². The van der Waals surface area contributed by atoms with Crippen LogP contribution < -0.4 is 0 Å². The lowest BCUT2D eigenvalue weighted by Crippen LogP contribution is -2.51. The Kier molecular flexibility index (Phi) is 4.37. The number of carbonyl (C=O) groups is 1. The number of fused-ring (bicyclic) bond motifs is 1. The zero-order valence-corrected chi connectivity index (χ0v) is 14.2. The van der Waals surface area contributed by atoms with E-state index in [4.69, 9.17) is 63.5 Å². The number of hydrogen-bond donors (Lipinski definition) is 1. The van der Waals surface area contributed by atoms with E-state index in [1.807, 2.05) is 0 Å². The average Bonchev–Trinajstić information content (AvgIpc) is 2.91. The highest BCUT2D eigenvalue weighted by molar-refractivity contribution is 6.67. The van der Waals surface area contributed by atoms with E-state index in [-0.39, 0.29) is 0 Å². The van der Waals surface area contributed by atoms with Crippen LogP contribution in [0.5, 0.6) is 0 Å². The first-order valence-corrected chi connectivity index (χ1v) is 7.68. The quantitative estimate of drug-likeness (QED) is 0.309. The van der Waals surface area contributed by atoms with Gasteiger partial charge in [-0.3, -0.25) is 4.79 Å². The highest BCUT2D eigenvalue weighted by atomic mass is 35.6. The zero-order valence-electron chi connectivity index (χ0n) is 11.9. The Morgan fingerprint density at radius 2 is 1.96 bits per heavy atom. The van der Waals surface area contributed by atoms with Crippen molar-refractivity contribution in [3.05, 3.63) is 12.2 Å². The molecule has 1 N–H and O–H groups in total. The van der Waals surface area contributed by atoms with Gasteiger partial charge in [-0.1, -0.05) is 34.8 Å². The van der Waals surface area contributed by atoms with Crippen molar-refractivity contribution < 1.29 is 38.6 Å². The summed E-state index contributed by atoms with van der Waals surface area (Å²) in [6.45, 7) is 2.55. The Labute approximate surface area is 146 Å². The van der Waals surface area contributed by atoms with Crippen LogP contribution >= 0.6 is 34.8 Å². The van der Waals surface area contributed by atoms with Crippen LogP contribution in [0.3, 0.4) is 0 Å². The van der Waals surface area contributed by atoms with Gasteiger partial charge in [-0.2, -0.15) is 9.78 Å². The lowest BCUT2D eigenvalue weighted by atomic mass is 10.0. The van der Waals surface area contributed by atoms with E-state index in [0.717, 1.165) is 0 Å². The molecule has 0 radical (unpaired) electrons. The van der Waals surface area contributed by atoms with Crippen molar-refractivity contribution >= 4 is 40.8 Å². The van der Waals surface area contributed by atoms with Gasteiger partial charge in [-0.15, -0.1) is 0 Å². The third-order valence-corrected chi connectivity index (χ3v) is 3.86. The van der Waals surface area contributed by atoms with Crippen LogP contribution in [0.4, 0.5) is 0 Å². The smallest absolute Gasteiger partial charge is 0.303 e. The first kappa shape index (κ1) is 17.7. The van der Waals surface area contributed by atoms with E-state index in [9.17, 15) is 9.90 Å². The molecule has 0 amide bonds. The molecule has 3 aliphatic heterocycles. The number of aliphatic hydroxyl groups is 1. The molecule has 3 aliphatic rings. The van der Waals surface area contributed by atoms with Gasteiger partial charge in [-0.05, 0) is 19.1 Å². The average molecular weight is 392 g/mol. The number of halogens is 3. The second-order valence-corrected chi connectivity index (χ2v) is 7.77. The fourth-order valence-electron chi connectivity index (χ4n) is 2.38. The Morgan fingerprint density at radius 3 is 2.48 bits per heavy atom. The molecule has 1 spiro atoms. The minimum absolute atomic E-state index is 0.617. The van der Waals surface area contributed by atoms with Crippen LogP contribution in [-0.2, 0) is 33.5 Å². The van der Waals surface area contributed by atoms with Crippen LogP contribution in [-0.4, -0.2) is 51.2 Å². The van der Waals surface area contributed by atoms with Crippen LogP contribution in [0.1, 0.15) is 13.8 Å². The maximum atomic E-state index is 11.4. The summed E-state index contributed by atoms with van der Waals surface area (Å²) in [6, 6.07) is 0. The third-order valence-electron chi connectivity index (χ3n) is 3.33. The van der Waals surface area contributed by atoms with Gasteiger partial charge >= 0.3 is 5.97 Å². The van der Waals surface area contributed by atoms with Crippen molar-refractivity contribution in [1.29, 1.82) is 0 Å². The zero-order chi connectivity index (χ0) is 17.0. The molecule has 1 unspecified atom stereocenters. The predicted octanol–water partition coefficient (Wildman–Crippen LogP) is 1.31. The van der Waals surface area contributed by atoms with E-state index in [1.165, 1.54) is 26.0 Å². The number of ether oxygens (including phenoxy) is 4.